The molecule has 0 fully saturated rings. The summed E-state index contributed by atoms with van der Waals surface area (Å²) < 4.78 is 52.7. The average Bonchev–Trinajstić information content (AvgIpc) is 2.09. The minimum Gasteiger partial charge on any atom is -0.430 e. The Bertz CT molecular complexity index is 356. The molecule has 0 N–H and O–H groups in total. The van der Waals surface area contributed by atoms with Gasteiger partial charge in [0.15, 0.2) is 17.4 Å². The highest BCUT2D eigenvalue weighted by atomic mass is 79.9. The molecular weight excluding hydrogens is 336 g/mol. The summed E-state index contributed by atoms with van der Waals surface area (Å²) in [7, 11) is 0. The van der Waals surface area contributed by atoms with Gasteiger partial charge in [0.25, 0.3) is 0 Å². The van der Waals surface area contributed by atoms with E-state index in [4.69, 9.17) is 0 Å². The summed E-state index contributed by atoms with van der Waals surface area (Å²) in [6.45, 7) is -3.21. The van der Waals surface area contributed by atoms with Gasteiger partial charge in [-0.1, -0.05) is 0 Å². The van der Waals surface area contributed by atoms with E-state index in [1.165, 1.54) is 0 Å². The lowest BCUT2D eigenvalue weighted by atomic mass is 10.3. The fraction of sp³-hybridized carbons (Fsp3) is 0.143. The van der Waals surface area contributed by atoms with Crippen molar-refractivity contribution < 1.29 is 22.3 Å². The lowest BCUT2D eigenvalue weighted by Crippen LogP contribution is -2.05. The Balaban J connectivity index is 3.22. The maximum absolute atomic E-state index is 13.0. The predicted molar refractivity (Wildman–Crippen MR) is 48.4 cm³/mol. The van der Waals surface area contributed by atoms with Gasteiger partial charge in [-0.2, -0.15) is 8.78 Å². The van der Waals surface area contributed by atoms with Gasteiger partial charge in [-0.15, -0.1) is 0 Å². The summed E-state index contributed by atoms with van der Waals surface area (Å²) in [6.07, 6.45) is 0. The Morgan fingerprint density at radius 2 is 1.79 bits per heavy atom. The molecule has 0 saturated heterocycles. The summed E-state index contributed by atoms with van der Waals surface area (Å²) in [5.74, 6) is -2.83. The summed E-state index contributed by atoms with van der Waals surface area (Å²) in [5, 5.41) is 0. The van der Waals surface area contributed by atoms with E-state index < -0.39 is 28.5 Å². The zero-order valence-electron chi connectivity index (χ0n) is 6.33. The maximum atomic E-state index is 13.0. The summed E-state index contributed by atoms with van der Waals surface area (Å²) >= 11 is 5.32. The average molecular weight is 338 g/mol. The molecule has 0 amide bonds. The van der Waals surface area contributed by atoms with Crippen molar-refractivity contribution in [2.45, 2.75) is 6.61 Å². The first-order valence-electron chi connectivity index (χ1n) is 3.21. The van der Waals surface area contributed by atoms with Gasteiger partial charge in [-0.3, -0.25) is 0 Å². The topological polar surface area (TPSA) is 9.23 Å². The molecule has 78 valence electrons. The second kappa shape index (κ2) is 4.48. The Morgan fingerprint density at radius 1 is 1.21 bits per heavy atom. The van der Waals surface area contributed by atoms with Crippen LogP contribution in [0, 0.1) is 11.6 Å². The molecule has 0 aromatic heterocycles. The first-order chi connectivity index (χ1) is 6.43. The number of rotatable bonds is 2. The van der Waals surface area contributed by atoms with Crippen LogP contribution in [0.25, 0.3) is 0 Å². The number of hydrogen-bond donors (Lipinski definition) is 0. The molecule has 7 heteroatoms. The smallest absolute Gasteiger partial charge is 0.387 e. The lowest BCUT2D eigenvalue weighted by Gasteiger charge is -2.09. The number of hydrogen-bond acceptors (Lipinski definition) is 1. The monoisotopic (exact) mass is 336 g/mol. The second-order valence-electron chi connectivity index (χ2n) is 2.18. The van der Waals surface area contributed by atoms with Gasteiger partial charge >= 0.3 is 6.61 Å². The molecule has 0 radical (unpaired) electrons. The molecule has 0 saturated carbocycles. The molecule has 1 aromatic carbocycles. The molecular formula is C7H2Br2F4O. The molecule has 1 aromatic rings. The van der Waals surface area contributed by atoms with E-state index in [9.17, 15) is 17.6 Å². The van der Waals surface area contributed by atoms with Crippen LogP contribution < -0.4 is 4.74 Å². The van der Waals surface area contributed by atoms with Gasteiger partial charge in [-0.25, -0.2) is 8.78 Å². The standard InChI is InChI=1S/C7H2Br2F4O/c8-2-1-3(10)6(14-7(12)13)4(9)5(2)11/h1,7H. The van der Waals surface area contributed by atoms with Gasteiger partial charge < -0.3 is 4.74 Å². The van der Waals surface area contributed by atoms with E-state index in [0.29, 0.717) is 6.07 Å². The summed E-state index contributed by atoms with van der Waals surface area (Å²) in [4.78, 5) is 0. The van der Waals surface area contributed by atoms with Crippen LogP contribution in [-0.4, -0.2) is 6.61 Å². The number of benzene rings is 1. The normalized spacial score (nSPS) is 10.8. The fourth-order valence-electron chi connectivity index (χ4n) is 0.747. The zero-order valence-corrected chi connectivity index (χ0v) is 9.50. The number of alkyl halides is 2. The van der Waals surface area contributed by atoms with E-state index in [1.54, 1.807) is 0 Å². The third-order valence-corrected chi connectivity index (χ3v) is 2.56. The van der Waals surface area contributed by atoms with Crippen molar-refractivity contribution in [3.05, 3.63) is 26.6 Å². The van der Waals surface area contributed by atoms with Gasteiger partial charge in [0.05, 0.1) is 8.95 Å². The highest BCUT2D eigenvalue weighted by Crippen LogP contribution is 2.35. The molecule has 0 aliphatic rings. The van der Waals surface area contributed by atoms with Crippen LogP contribution in [0.4, 0.5) is 17.6 Å². The van der Waals surface area contributed by atoms with Crippen molar-refractivity contribution in [2.75, 3.05) is 0 Å². The molecule has 0 atom stereocenters. The quantitative estimate of drug-likeness (QED) is 0.448. The Morgan fingerprint density at radius 3 is 2.29 bits per heavy atom. The zero-order chi connectivity index (χ0) is 10.9. The number of ether oxygens (including phenoxy) is 1. The van der Waals surface area contributed by atoms with Crippen molar-refractivity contribution in [1.29, 1.82) is 0 Å². The van der Waals surface area contributed by atoms with Crippen molar-refractivity contribution >= 4 is 31.9 Å². The molecule has 0 heterocycles. The van der Waals surface area contributed by atoms with Crippen molar-refractivity contribution in [3.8, 4) is 5.75 Å². The van der Waals surface area contributed by atoms with E-state index in [-0.39, 0.29) is 4.47 Å². The third-order valence-electron chi connectivity index (χ3n) is 1.28. The number of halogens is 6. The fourth-order valence-corrected chi connectivity index (χ4v) is 1.91. The van der Waals surface area contributed by atoms with Crippen LogP contribution in [0.1, 0.15) is 0 Å². The predicted octanol–water partition coefficient (Wildman–Crippen LogP) is 4.09. The van der Waals surface area contributed by atoms with Gasteiger partial charge in [-0.05, 0) is 37.9 Å². The van der Waals surface area contributed by atoms with Gasteiger partial charge in [0.2, 0.25) is 0 Å². The molecule has 0 aliphatic heterocycles. The first kappa shape index (κ1) is 11.8. The molecule has 1 nitrogen and oxygen atoms in total. The van der Waals surface area contributed by atoms with E-state index >= 15 is 0 Å². The Labute approximate surface area is 93.3 Å². The molecule has 14 heavy (non-hydrogen) atoms. The largest absolute Gasteiger partial charge is 0.430 e. The molecule has 0 spiro atoms. The van der Waals surface area contributed by atoms with Crippen molar-refractivity contribution in [2.24, 2.45) is 0 Å². The lowest BCUT2D eigenvalue weighted by molar-refractivity contribution is -0.0529. The summed E-state index contributed by atoms with van der Waals surface area (Å²) in [5.41, 5.74) is 0. The van der Waals surface area contributed by atoms with E-state index in [0.717, 1.165) is 0 Å². The van der Waals surface area contributed by atoms with E-state index in [2.05, 4.69) is 36.6 Å². The molecule has 1 rings (SSSR count). The van der Waals surface area contributed by atoms with Crippen LogP contribution in [0.5, 0.6) is 5.75 Å². The van der Waals surface area contributed by atoms with Crippen LogP contribution >= 0.6 is 31.9 Å². The Kier molecular flexibility index (Phi) is 3.77. The van der Waals surface area contributed by atoms with Gasteiger partial charge in [0, 0.05) is 0 Å². The molecule has 0 aliphatic carbocycles. The minimum absolute atomic E-state index is 0.177. The molecule has 0 unspecified atom stereocenters. The highest BCUT2D eigenvalue weighted by molar-refractivity contribution is 9.11. The first-order valence-corrected chi connectivity index (χ1v) is 4.80. The highest BCUT2D eigenvalue weighted by Gasteiger charge is 2.19. The minimum atomic E-state index is -3.21. The van der Waals surface area contributed by atoms with Crippen molar-refractivity contribution in [1.82, 2.24) is 0 Å². The van der Waals surface area contributed by atoms with Crippen molar-refractivity contribution in [3.63, 3.8) is 0 Å². The van der Waals surface area contributed by atoms with Crippen LogP contribution in [0.2, 0.25) is 0 Å². The van der Waals surface area contributed by atoms with Gasteiger partial charge in [0.1, 0.15) is 0 Å². The Hall–Kier alpha value is -0.300. The second-order valence-corrected chi connectivity index (χ2v) is 3.82. The third kappa shape index (κ3) is 2.38. The van der Waals surface area contributed by atoms with Crippen LogP contribution in [0.3, 0.4) is 0 Å². The van der Waals surface area contributed by atoms with E-state index in [1.807, 2.05) is 0 Å². The van der Waals surface area contributed by atoms with Crippen LogP contribution in [-0.2, 0) is 0 Å². The molecule has 0 bridgehead atoms. The maximum Gasteiger partial charge on any atom is 0.387 e. The van der Waals surface area contributed by atoms with Crippen LogP contribution in [0.15, 0.2) is 15.0 Å². The SMILES string of the molecule is Fc1cc(Br)c(F)c(Br)c1OC(F)F. The summed E-state index contributed by atoms with van der Waals surface area (Å²) in [6, 6.07) is 0.706.